The van der Waals surface area contributed by atoms with Crippen LogP contribution in [0.15, 0.2) is 53.7 Å². The van der Waals surface area contributed by atoms with E-state index in [9.17, 15) is 9.18 Å². The van der Waals surface area contributed by atoms with Gasteiger partial charge >= 0.3 is 6.09 Å². The van der Waals surface area contributed by atoms with Crippen LogP contribution in [0.2, 0.25) is 0 Å². The second kappa shape index (κ2) is 7.63. The van der Waals surface area contributed by atoms with Gasteiger partial charge in [0.2, 0.25) is 0 Å². The van der Waals surface area contributed by atoms with Gasteiger partial charge in [-0.2, -0.15) is 0 Å². The number of rotatable bonds is 4. The Morgan fingerprint density at radius 1 is 1.17 bits per heavy atom. The van der Waals surface area contributed by atoms with Crippen molar-refractivity contribution in [3.8, 4) is 17.0 Å². The Morgan fingerprint density at radius 2 is 2.00 bits per heavy atom. The summed E-state index contributed by atoms with van der Waals surface area (Å²) < 4.78 is 26.4. The maximum Gasteiger partial charge on any atom is 0.411 e. The molecule has 0 saturated heterocycles. The summed E-state index contributed by atoms with van der Waals surface area (Å²) >= 11 is 1.48. The highest BCUT2D eigenvalue weighted by molar-refractivity contribution is 7.98. The summed E-state index contributed by atoms with van der Waals surface area (Å²) in [6.07, 6.45) is 3.29. The highest BCUT2D eigenvalue weighted by Gasteiger charge is 2.19. The van der Waals surface area contributed by atoms with E-state index in [1.165, 1.54) is 32.0 Å². The van der Waals surface area contributed by atoms with E-state index in [0.29, 0.717) is 28.3 Å². The zero-order chi connectivity index (χ0) is 20.5. The lowest BCUT2D eigenvalue weighted by molar-refractivity contribution is 0.187. The van der Waals surface area contributed by atoms with Crippen LogP contribution in [0.25, 0.3) is 27.7 Å². The number of imidazole rings is 1. The molecule has 0 aliphatic rings. The van der Waals surface area contributed by atoms with E-state index in [-0.39, 0.29) is 0 Å². The van der Waals surface area contributed by atoms with E-state index in [2.05, 4.69) is 10.1 Å². The van der Waals surface area contributed by atoms with Crippen LogP contribution in [0.3, 0.4) is 0 Å². The third-order valence-electron chi connectivity index (χ3n) is 4.62. The number of nitrogens with one attached hydrogen (secondary N) is 1. The van der Waals surface area contributed by atoms with Crippen LogP contribution in [-0.2, 0) is 4.74 Å². The molecule has 0 aliphatic heterocycles. The third kappa shape index (κ3) is 3.36. The number of nitrogens with zero attached hydrogens (tertiary/aromatic N) is 2. The van der Waals surface area contributed by atoms with Gasteiger partial charge in [0, 0.05) is 28.9 Å². The highest BCUT2D eigenvalue weighted by atomic mass is 32.2. The van der Waals surface area contributed by atoms with E-state index in [4.69, 9.17) is 9.72 Å². The number of methoxy groups -OCH3 is 2. The Hall–Kier alpha value is -3.26. The molecule has 6 nitrogen and oxygen atoms in total. The number of hydrogen-bond acceptors (Lipinski definition) is 5. The van der Waals surface area contributed by atoms with Crippen molar-refractivity contribution in [2.75, 3.05) is 25.8 Å². The van der Waals surface area contributed by atoms with Gasteiger partial charge in [0.05, 0.1) is 14.2 Å². The van der Waals surface area contributed by atoms with Crippen LogP contribution in [0, 0.1) is 5.82 Å². The van der Waals surface area contributed by atoms with Crippen molar-refractivity contribution in [3.05, 3.63) is 54.5 Å². The van der Waals surface area contributed by atoms with Crippen LogP contribution < -0.4 is 10.1 Å². The molecule has 1 N–H and O–H groups in total. The first-order valence-corrected chi connectivity index (χ1v) is 9.96. The number of hydrogen-bond donors (Lipinski definition) is 1. The molecule has 0 spiro atoms. The van der Waals surface area contributed by atoms with Crippen LogP contribution in [0.5, 0.6) is 5.75 Å². The molecule has 2 aromatic carbocycles. The lowest BCUT2D eigenvalue weighted by Gasteiger charge is -2.07. The first-order valence-electron chi connectivity index (χ1n) is 8.73. The molecule has 8 heteroatoms. The molecule has 29 heavy (non-hydrogen) atoms. The summed E-state index contributed by atoms with van der Waals surface area (Å²) in [5.41, 5.74) is 2.21. The van der Waals surface area contributed by atoms with E-state index in [1.54, 1.807) is 18.2 Å². The Kier molecular flexibility index (Phi) is 5.02. The van der Waals surface area contributed by atoms with Crippen molar-refractivity contribution in [2.24, 2.45) is 0 Å². The van der Waals surface area contributed by atoms with E-state index >= 15 is 0 Å². The molecule has 4 rings (SSSR count). The Labute approximate surface area is 170 Å². The zero-order valence-electron chi connectivity index (χ0n) is 16.0. The molecule has 1 amide bonds. The normalized spacial score (nSPS) is 11.0. The molecule has 0 bridgehead atoms. The number of amides is 1. The molecule has 2 heterocycles. The minimum atomic E-state index is -0.551. The van der Waals surface area contributed by atoms with Crippen molar-refractivity contribution in [3.63, 3.8) is 0 Å². The monoisotopic (exact) mass is 411 g/mol. The number of halogens is 1. The van der Waals surface area contributed by atoms with Crippen molar-refractivity contribution in [2.45, 2.75) is 5.03 Å². The molecule has 0 unspecified atom stereocenters. The van der Waals surface area contributed by atoms with E-state index in [1.807, 2.05) is 35.1 Å². The summed E-state index contributed by atoms with van der Waals surface area (Å²) in [6.45, 7) is 0. The lowest BCUT2D eigenvalue weighted by Crippen LogP contribution is -2.10. The predicted molar refractivity (Wildman–Crippen MR) is 112 cm³/mol. The fourth-order valence-corrected chi connectivity index (χ4v) is 3.92. The molecular weight excluding hydrogens is 393 g/mol. The highest BCUT2D eigenvalue weighted by Crippen LogP contribution is 2.36. The van der Waals surface area contributed by atoms with Crippen LogP contribution in [-0.4, -0.2) is 36.0 Å². The smallest absolute Gasteiger partial charge is 0.411 e. The second-order valence-corrected chi connectivity index (χ2v) is 7.04. The van der Waals surface area contributed by atoms with Gasteiger partial charge in [0.25, 0.3) is 0 Å². The lowest BCUT2D eigenvalue weighted by atomic mass is 10.1. The van der Waals surface area contributed by atoms with Gasteiger partial charge in [-0.1, -0.05) is 6.07 Å². The molecule has 0 aliphatic carbocycles. The number of anilines is 1. The average molecular weight is 411 g/mol. The van der Waals surface area contributed by atoms with E-state index < -0.39 is 11.9 Å². The number of ether oxygens (including phenoxy) is 2. The van der Waals surface area contributed by atoms with Crippen LogP contribution in [0.1, 0.15) is 0 Å². The number of fused-ring (bicyclic) bond motifs is 3. The molecular formula is C21H18FN3O3S. The van der Waals surface area contributed by atoms with Crippen molar-refractivity contribution in [1.29, 1.82) is 0 Å². The summed E-state index contributed by atoms with van der Waals surface area (Å²) in [7, 11) is 2.81. The van der Waals surface area contributed by atoms with Gasteiger partial charge in [0.15, 0.2) is 0 Å². The average Bonchev–Trinajstić information content (AvgIpc) is 3.12. The quantitative estimate of drug-likeness (QED) is 0.468. The predicted octanol–water partition coefficient (Wildman–Crippen LogP) is 5.20. The van der Waals surface area contributed by atoms with Crippen LogP contribution in [0.4, 0.5) is 14.9 Å². The number of benzene rings is 2. The topological polar surface area (TPSA) is 64.9 Å². The van der Waals surface area contributed by atoms with Crippen LogP contribution >= 0.6 is 11.8 Å². The first kappa shape index (κ1) is 19.1. The number of carbonyl (C=O) groups excluding carboxylic acids is 1. The maximum atomic E-state index is 14.7. The molecule has 0 fully saturated rings. The Balaban J connectivity index is 1.94. The summed E-state index contributed by atoms with van der Waals surface area (Å²) in [5, 5.41) is 5.26. The first-order chi connectivity index (χ1) is 14.0. The largest absolute Gasteiger partial charge is 0.497 e. The molecule has 148 valence electrons. The zero-order valence-corrected chi connectivity index (χ0v) is 16.8. The number of carbonyl (C=O) groups is 1. The van der Waals surface area contributed by atoms with Gasteiger partial charge in [-0.15, -0.1) is 11.8 Å². The van der Waals surface area contributed by atoms with Crippen molar-refractivity contribution >= 4 is 40.0 Å². The second-order valence-electron chi connectivity index (χ2n) is 6.24. The van der Waals surface area contributed by atoms with Crippen molar-refractivity contribution < 1.29 is 18.7 Å². The van der Waals surface area contributed by atoms with Gasteiger partial charge in [-0.3, -0.25) is 9.72 Å². The van der Waals surface area contributed by atoms with Gasteiger partial charge in [0.1, 0.15) is 27.9 Å². The fraction of sp³-hybridized carbons (Fsp3) is 0.143. The maximum absolute atomic E-state index is 14.7. The summed E-state index contributed by atoms with van der Waals surface area (Å²) in [6, 6.07) is 12.2. The number of aromatic nitrogens is 2. The molecule has 0 radical (unpaired) electrons. The molecule has 4 aromatic rings. The Bertz CT molecular complexity index is 1240. The Morgan fingerprint density at radius 3 is 2.69 bits per heavy atom. The SMILES string of the molecule is COC(=O)Nc1ccc2ccn3c(SC)c(-c4ccc(OC)cc4F)nc3c2c1. The minimum Gasteiger partial charge on any atom is -0.497 e. The van der Waals surface area contributed by atoms with Gasteiger partial charge < -0.3 is 9.47 Å². The summed E-state index contributed by atoms with van der Waals surface area (Å²) in [4.78, 5) is 16.3. The minimum absolute atomic E-state index is 0.399. The third-order valence-corrected chi connectivity index (χ3v) is 5.40. The van der Waals surface area contributed by atoms with Gasteiger partial charge in [-0.05, 0) is 42.0 Å². The fourth-order valence-electron chi connectivity index (χ4n) is 3.23. The standard InChI is InChI=1S/C21H18FN3O3S/c1-27-14-6-7-15(17(22)11-14)18-20(29-3)25-9-8-12-4-5-13(23-21(26)28-2)10-16(12)19(25)24-18/h4-11H,1-3H3,(H,23,26). The number of pyridine rings is 1. The molecule has 0 atom stereocenters. The van der Waals surface area contributed by atoms with E-state index in [0.717, 1.165) is 15.8 Å². The summed E-state index contributed by atoms with van der Waals surface area (Å²) in [5.74, 6) is 0.0464. The van der Waals surface area contributed by atoms with Gasteiger partial charge in [-0.25, -0.2) is 14.2 Å². The van der Waals surface area contributed by atoms with Crippen molar-refractivity contribution in [1.82, 2.24) is 9.38 Å². The molecule has 0 saturated carbocycles. The molecule has 2 aromatic heterocycles. The number of thioether (sulfide) groups is 1.